The maximum atomic E-state index is 17.6. The van der Waals surface area contributed by atoms with Crippen molar-refractivity contribution in [2.75, 3.05) is 65.0 Å². The number of carboxylic acids is 1. The first kappa shape index (κ1) is 34.5. The standard InChI is InChI=1S/C36H45F4N3O5/c1-47-21-25-18-42(19-30(25)29-12-9-26(36(38,39)40)17-32(29)41-15-13-24(14-16-41)33(44)45)34(46)35(37)22-43(27-5-3-4-6-27)20-31(35)23-7-10-28(48-2)11-8-23/h7-12,17,24-25,27,30-31H,3-6,13-16,18-22H2,1-2H3,(H,44,45)/t25-,30-,31+,35+/m1/s1. The molecule has 0 unspecified atom stereocenters. The van der Waals surface area contributed by atoms with Gasteiger partial charge in [0.25, 0.3) is 5.91 Å². The minimum atomic E-state index is -4.57. The van der Waals surface area contributed by atoms with E-state index < -0.39 is 47.0 Å². The number of rotatable bonds is 9. The molecule has 3 saturated heterocycles. The number of anilines is 1. The van der Waals surface area contributed by atoms with E-state index in [1.54, 1.807) is 31.3 Å². The zero-order valence-electron chi connectivity index (χ0n) is 27.6. The van der Waals surface area contributed by atoms with Gasteiger partial charge in [-0.05, 0) is 61.1 Å². The molecule has 48 heavy (non-hydrogen) atoms. The van der Waals surface area contributed by atoms with Gasteiger partial charge in [-0.15, -0.1) is 0 Å². The smallest absolute Gasteiger partial charge is 0.416 e. The number of benzene rings is 2. The number of carbonyl (C=O) groups is 2. The Morgan fingerprint density at radius 2 is 1.65 bits per heavy atom. The van der Waals surface area contributed by atoms with Gasteiger partial charge in [0.15, 0.2) is 0 Å². The summed E-state index contributed by atoms with van der Waals surface area (Å²) in [5.41, 5.74) is -1.24. The maximum Gasteiger partial charge on any atom is 0.416 e. The fourth-order valence-corrected chi connectivity index (χ4v) is 8.53. The second-order valence-electron chi connectivity index (χ2n) is 14.0. The molecule has 262 valence electrons. The number of likely N-dealkylation sites (tertiary alicyclic amines) is 2. The van der Waals surface area contributed by atoms with Gasteiger partial charge in [0.05, 0.1) is 25.2 Å². The van der Waals surface area contributed by atoms with Crippen LogP contribution in [0.3, 0.4) is 0 Å². The van der Waals surface area contributed by atoms with Crippen molar-refractivity contribution in [3.05, 3.63) is 59.2 Å². The van der Waals surface area contributed by atoms with Crippen LogP contribution in [-0.2, 0) is 20.5 Å². The van der Waals surface area contributed by atoms with Gasteiger partial charge in [0, 0.05) is 75.9 Å². The van der Waals surface area contributed by atoms with Crippen LogP contribution in [0, 0.1) is 11.8 Å². The lowest BCUT2D eigenvalue weighted by molar-refractivity contribution is -0.143. The number of piperidine rings is 1. The molecule has 6 rings (SSSR count). The molecular weight excluding hydrogens is 630 g/mol. The molecule has 1 saturated carbocycles. The van der Waals surface area contributed by atoms with Crippen molar-refractivity contribution < 1.29 is 41.7 Å². The monoisotopic (exact) mass is 675 g/mol. The average molecular weight is 676 g/mol. The normalized spacial score (nSPS) is 27.6. The Labute approximate surface area is 279 Å². The van der Waals surface area contributed by atoms with Crippen molar-refractivity contribution in [1.29, 1.82) is 0 Å². The fourth-order valence-electron chi connectivity index (χ4n) is 8.53. The summed E-state index contributed by atoms with van der Waals surface area (Å²) in [7, 11) is 3.11. The molecule has 3 heterocycles. The molecule has 0 spiro atoms. The number of halogens is 4. The first-order chi connectivity index (χ1) is 22.9. The predicted octanol–water partition coefficient (Wildman–Crippen LogP) is 5.95. The summed E-state index contributed by atoms with van der Waals surface area (Å²) in [6.45, 7) is 1.60. The molecule has 0 aromatic heterocycles. The van der Waals surface area contributed by atoms with E-state index in [0.29, 0.717) is 49.5 Å². The Kier molecular flexibility index (Phi) is 9.95. The molecule has 3 aliphatic heterocycles. The molecule has 4 fully saturated rings. The molecule has 12 heteroatoms. The van der Waals surface area contributed by atoms with Crippen LogP contribution in [0.25, 0.3) is 0 Å². The van der Waals surface area contributed by atoms with E-state index >= 15 is 4.39 Å². The highest BCUT2D eigenvalue weighted by Gasteiger charge is 2.57. The van der Waals surface area contributed by atoms with E-state index in [2.05, 4.69) is 4.90 Å². The Bertz CT molecular complexity index is 1460. The topological polar surface area (TPSA) is 82.6 Å². The second kappa shape index (κ2) is 13.9. The first-order valence-electron chi connectivity index (χ1n) is 17.0. The van der Waals surface area contributed by atoms with Crippen LogP contribution >= 0.6 is 0 Å². The van der Waals surface area contributed by atoms with Crippen LogP contribution in [0.2, 0.25) is 0 Å². The van der Waals surface area contributed by atoms with E-state index in [4.69, 9.17) is 9.47 Å². The van der Waals surface area contributed by atoms with Gasteiger partial charge in [-0.2, -0.15) is 13.2 Å². The van der Waals surface area contributed by atoms with E-state index in [1.807, 2.05) is 17.0 Å². The number of alkyl halides is 4. The fraction of sp³-hybridized carbons (Fsp3) is 0.611. The number of nitrogens with zero attached hydrogens (tertiary/aromatic N) is 3. The van der Waals surface area contributed by atoms with Gasteiger partial charge in [-0.1, -0.05) is 31.0 Å². The highest BCUT2D eigenvalue weighted by atomic mass is 19.4. The Hall–Kier alpha value is -3.38. The number of hydrogen-bond donors (Lipinski definition) is 1. The lowest BCUT2D eigenvalue weighted by Gasteiger charge is -2.35. The van der Waals surface area contributed by atoms with Gasteiger partial charge < -0.3 is 24.4 Å². The molecule has 4 atom stereocenters. The summed E-state index contributed by atoms with van der Waals surface area (Å²) in [6.07, 6.45) is 0.173. The third-order valence-corrected chi connectivity index (χ3v) is 11.2. The Morgan fingerprint density at radius 3 is 2.25 bits per heavy atom. The van der Waals surface area contributed by atoms with Crippen molar-refractivity contribution >= 4 is 17.6 Å². The zero-order valence-corrected chi connectivity index (χ0v) is 27.6. The lowest BCUT2D eigenvalue weighted by atomic mass is 9.85. The molecule has 0 radical (unpaired) electrons. The van der Waals surface area contributed by atoms with Gasteiger partial charge in [-0.25, -0.2) is 4.39 Å². The number of carbonyl (C=O) groups excluding carboxylic acids is 1. The van der Waals surface area contributed by atoms with Crippen LogP contribution < -0.4 is 9.64 Å². The molecule has 8 nitrogen and oxygen atoms in total. The Morgan fingerprint density at radius 1 is 0.958 bits per heavy atom. The van der Waals surface area contributed by atoms with Crippen LogP contribution in [0.5, 0.6) is 5.75 Å². The minimum Gasteiger partial charge on any atom is -0.497 e. The largest absolute Gasteiger partial charge is 0.497 e. The van der Waals surface area contributed by atoms with Crippen LogP contribution in [0.15, 0.2) is 42.5 Å². The van der Waals surface area contributed by atoms with E-state index in [1.165, 1.54) is 6.07 Å². The quantitative estimate of drug-likeness (QED) is 0.329. The zero-order chi connectivity index (χ0) is 34.2. The molecule has 1 aliphatic carbocycles. The third-order valence-electron chi connectivity index (χ3n) is 11.2. The molecule has 2 aromatic carbocycles. The van der Waals surface area contributed by atoms with E-state index in [9.17, 15) is 27.9 Å². The Balaban J connectivity index is 1.31. The van der Waals surface area contributed by atoms with Gasteiger partial charge in [0.2, 0.25) is 5.67 Å². The van der Waals surface area contributed by atoms with Crippen molar-refractivity contribution in [2.24, 2.45) is 11.8 Å². The second-order valence-corrected chi connectivity index (χ2v) is 14.0. The van der Waals surface area contributed by atoms with Gasteiger partial charge >= 0.3 is 12.1 Å². The third kappa shape index (κ3) is 6.75. The van der Waals surface area contributed by atoms with Crippen LogP contribution in [0.4, 0.5) is 23.2 Å². The number of hydrogen-bond acceptors (Lipinski definition) is 6. The molecule has 0 bridgehead atoms. The summed E-state index contributed by atoms with van der Waals surface area (Å²) < 4.78 is 70.3. The SMILES string of the molecule is COC[C@H]1CN(C(=O)[C@]2(F)CN(C3CCCC3)C[C@H]2c2ccc(OC)cc2)C[C@H]1c1ccc(C(F)(F)F)cc1N1CCC(C(=O)O)CC1. The molecule has 1 N–H and O–H groups in total. The number of aliphatic carboxylic acids is 1. The van der Waals surface area contributed by atoms with Gasteiger partial charge in [-0.3, -0.25) is 14.5 Å². The summed E-state index contributed by atoms with van der Waals surface area (Å²) in [6, 6.07) is 11.1. The summed E-state index contributed by atoms with van der Waals surface area (Å²) in [5.74, 6) is -2.78. The summed E-state index contributed by atoms with van der Waals surface area (Å²) >= 11 is 0. The number of methoxy groups -OCH3 is 2. The average Bonchev–Trinajstić information content (AvgIpc) is 3.84. The van der Waals surface area contributed by atoms with E-state index in [-0.39, 0.29) is 38.2 Å². The first-order valence-corrected chi connectivity index (χ1v) is 17.0. The van der Waals surface area contributed by atoms with Gasteiger partial charge in [0.1, 0.15) is 5.75 Å². The van der Waals surface area contributed by atoms with Crippen LogP contribution in [0.1, 0.15) is 67.1 Å². The number of ether oxygens (including phenoxy) is 2. The molecule has 4 aliphatic rings. The lowest BCUT2D eigenvalue weighted by Crippen LogP contribution is -2.50. The summed E-state index contributed by atoms with van der Waals surface area (Å²) in [5, 5.41) is 9.49. The van der Waals surface area contributed by atoms with E-state index in [0.717, 1.165) is 43.4 Å². The molecule has 2 aromatic rings. The highest BCUT2D eigenvalue weighted by Crippen LogP contribution is 2.47. The van der Waals surface area contributed by atoms with Crippen LogP contribution in [-0.4, -0.2) is 98.6 Å². The van der Waals surface area contributed by atoms with Crippen molar-refractivity contribution in [3.63, 3.8) is 0 Å². The van der Waals surface area contributed by atoms with Crippen molar-refractivity contribution in [2.45, 2.75) is 68.2 Å². The summed E-state index contributed by atoms with van der Waals surface area (Å²) in [4.78, 5) is 31.6. The van der Waals surface area contributed by atoms with Crippen molar-refractivity contribution in [1.82, 2.24) is 9.80 Å². The number of amides is 1. The molecule has 1 amide bonds. The molecular formula is C36H45F4N3O5. The maximum absolute atomic E-state index is 17.6. The highest BCUT2D eigenvalue weighted by molar-refractivity contribution is 5.88. The minimum absolute atomic E-state index is 0.00659. The van der Waals surface area contributed by atoms with Crippen molar-refractivity contribution in [3.8, 4) is 5.75 Å². The predicted molar refractivity (Wildman–Crippen MR) is 172 cm³/mol. The number of carboxylic acid groups (broad SMARTS) is 1.